The molecule has 8 nitrogen and oxygen atoms in total. The number of cyclic esters (lactones) is 1. The number of amides is 1. The Morgan fingerprint density at radius 2 is 1.87 bits per heavy atom. The molecule has 3 N–H and O–H groups in total. The van der Waals surface area contributed by atoms with Crippen LogP contribution in [-0.2, 0) is 19.9 Å². The maximum Gasteiger partial charge on any atom is 0.333 e. The Morgan fingerprint density at radius 1 is 1.15 bits per heavy atom. The van der Waals surface area contributed by atoms with Gasteiger partial charge in [0.05, 0.1) is 17.2 Å². The van der Waals surface area contributed by atoms with Crippen molar-refractivity contribution in [2.75, 3.05) is 0 Å². The summed E-state index contributed by atoms with van der Waals surface area (Å²) < 4.78 is 5.83. The molecule has 4 rings (SSSR count). The van der Waals surface area contributed by atoms with Gasteiger partial charge in [-0.3, -0.25) is 14.4 Å². The number of nitrogens with one attached hydrogen (secondary N) is 1. The highest BCUT2D eigenvalue weighted by Crippen LogP contribution is 2.49. The summed E-state index contributed by atoms with van der Waals surface area (Å²) in [4.78, 5) is 53.0. The molecule has 3 aliphatic rings. The first-order chi connectivity index (χ1) is 18.4. The fraction of sp³-hybridized carbons (Fsp3) is 0.484. The molecule has 4 atom stereocenters. The SMILES string of the molecule is CCC1C=CCC(CC(C)C)OC(=O)C(C)=CC2C(=O)NC3=CC(=O)c4c(cc(C)c(O)c4C(=O)CC1)C32O. The van der Waals surface area contributed by atoms with Gasteiger partial charge in [0.25, 0.3) is 0 Å². The first kappa shape index (κ1) is 28.5. The molecule has 0 radical (unpaired) electrons. The van der Waals surface area contributed by atoms with Gasteiger partial charge in [-0.15, -0.1) is 0 Å². The zero-order valence-electron chi connectivity index (χ0n) is 23.2. The quantitative estimate of drug-likeness (QED) is 0.382. The van der Waals surface area contributed by atoms with Crippen molar-refractivity contribution >= 4 is 23.4 Å². The summed E-state index contributed by atoms with van der Waals surface area (Å²) in [5.41, 5.74) is -1.83. The number of ether oxygens (including phenoxy) is 1. The van der Waals surface area contributed by atoms with Crippen molar-refractivity contribution < 1.29 is 34.1 Å². The molecule has 1 fully saturated rings. The number of rotatable bonds is 3. The standard InChI is InChI=1S/C31H37NO7/c1-6-19-8-7-9-20(12-16(2)3)39-30(37)18(5)14-22-29(36)32-25-15-24(34)26-21(31(22,25)38)13-17(4)28(35)27(26)23(33)11-10-19/h7-8,13-16,19-20,22,35,38H,6,9-12H2,1-5H3,(H,32,36). The van der Waals surface area contributed by atoms with Gasteiger partial charge in [-0.2, -0.15) is 0 Å². The Hall–Kier alpha value is -3.52. The topological polar surface area (TPSA) is 130 Å². The lowest BCUT2D eigenvalue weighted by Gasteiger charge is -2.34. The van der Waals surface area contributed by atoms with Gasteiger partial charge in [0, 0.05) is 35.6 Å². The summed E-state index contributed by atoms with van der Waals surface area (Å²) in [6.07, 6.45) is 8.57. The van der Waals surface area contributed by atoms with Crippen LogP contribution in [0.2, 0.25) is 0 Å². The molecule has 4 bridgehead atoms. The largest absolute Gasteiger partial charge is 0.507 e. The van der Waals surface area contributed by atoms with Gasteiger partial charge < -0.3 is 20.3 Å². The molecule has 1 aromatic carbocycles. The van der Waals surface area contributed by atoms with E-state index < -0.39 is 35.0 Å². The summed E-state index contributed by atoms with van der Waals surface area (Å²) in [5.74, 6) is -3.42. The number of hydrogen-bond acceptors (Lipinski definition) is 7. The molecule has 2 aliphatic heterocycles. The Kier molecular flexibility index (Phi) is 7.98. The number of phenols is 1. The van der Waals surface area contributed by atoms with Crippen LogP contribution >= 0.6 is 0 Å². The number of phenolic OH excluding ortho intramolecular Hbond substituents is 1. The molecule has 1 aliphatic carbocycles. The number of benzene rings is 1. The predicted octanol–water partition coefficient (Wildman–Crippen LogP) is 4.57. The zero-order valence-corrected chi connectivity index (χ0v) is 23.2. The minimum Gasteiger partial charge on any atom is -0.507 e. The zero-order chi connectivity index (χ0) is 28.6. The molecule has 4 unspecified atom stereocenters. The second kappa shape index (κ2) is 10.9. The molecule has 39 heavy (non-hydrogen) atoms. The molecule has 1 saturated heterocycles. The summed E-state index contributed by atoms with van der Waals surface area (Å²) in [7, 11) is 0. The second-order valence-electron chi connectivity index (χ2n) is 11.3. The van der Waals surface area contributed by atoms with Gasteiger partial charge >= 0.3 is 5.97 Å². The predicted molar refractivity (Wildman–Crippen MR) is 145 cm³/mol. The van der Waals surface area contributed by atoms with Crippen molar-refractivity contribution in [2.45, 2.75) is 78.4 Å². The molecule has 1 aromatic rings. The van der Waals surface area contributed by atoms with Gasteiger partial charge in [-0.05, 0) is 56.6 Å². The van der Waals surface area contributed by atoms with Crippen LogP contribution in [0, 0.1) is 24.7 Å². The van der Waals surface area contributed by atoms with E-state index in [9.17, 15) is 29.4 Å². The molecule has 0 spiro atoms. The summed E-state index contributed by atoms with van der Waals surface area (Å²) in [5, 5.41) is 25.6. The van der Waals surface area contributed by atoms with Crippen LogP contribution < -0.4 is 5.32 Å². The minimum absolute atomic E-state index is 0.0262. The number of Topliss-reactive ketones (excluding diaryl/α,β-unsaturated/α-hetero) is 1. The van der Waals surface area contributed by atoms with Crippen LogP contribution in [-0.4, -0.2) is 39.8 Å². The van der Waals surface area contributed by atoms with Gasteiger partial charge in [0.1, 0.15) is 17.5 Å². The number of allylic oxidation sites excluding steroid dienone is 2. The van der Waals surface area contributed by atoms with Gasteiger partial charge in [-0.1, -0.05) is 39.0 Å². The van der Waals surface area contributed by atoms with E-state index >= 15 is 0 Å². The van der Waals surface area contributed by atoms with Crippen molar-refractivity contribution in [1.82, 2.24) is 5.32 Å². The maximum absolute atomic E-state index is 13.5. The number of carbonyl (C=O) groups is 4. The van der Waals surface area contributed by atoms with Crippen molar-refractivity contribution in [2.24, 2.45) is 17.8 Å². The molecule has 8 heteroatoms. The van der Waals surface area contributed by atoms with E-state index in [0.717, 1.165) is 12.5 Å². The first-order valence-corrected chi connectivity index (χ1v) is 13.6. The van der Waals surface area contributed by atoms with E-state index in [4.69, 9.17) is 4.74 Å². The highest BCUT2D eigenvalue weighted by Gasteiger charge is 2.55. The van der Waals surface area contributed by atoms with E-state index in [2.05, 4.69) is 5.32 Å². The van der Waals surface area contributed by atoms with E-state index in [1.54, 1.807) is 6.92 Å². The normalized spacial score (nSPS) is 27.6. The van der Waals surface area contributed by atoms with Gasteiger partial charge in [0.2, 0.25) is 5.91 Å². The minimum atomic E-state index is -2.03. The highest BCUT2D eigenvalue weighted by atomic mass is 16.5. The molecule has 0 saturated carbocycles. The van der Waals surface area contributed by atoms with Crippen LogP contribution in [0.15, 0.2) is 41.6 Å². The molecular formula is C31H37NO7. The van der Waals surface area contributed by atoms with Crippen molar-refractivity contribution in [3.63, 3.8) is 0 Å². The van der Waals surface area contributed by atoms with E-state index in [1.807, 2.05) is 32.9 Å². The van der Waals surface area contributed by atoms with Crippen molar-refractivity contribution in [1.29, 1.82) is 0 Å². The molecule has 0 aromatic heterocycles. The second-order valence-corrected chi connectivity index (χ2v) is 11.3. The van der Waals surface area contributed by atoms with Crippen molar-refractivity contribution in [3.8, 4) is 5.75 Å². The van der Waals surface area contributed by atoms with E-state index in [1.165, 1.54) is 19.1 Å². The third-order valence-electron chi connectivity index (χ3n) is 7.92. The third kappa shape index (κ3) is 5.22. The lowest BCUT2D eigenvalue weighted by Crippen LogP contribution is -2.39. The highest BCUT2D eigenvalue weighted by molar-refractivity contribution is 6.17. The number of esters is 1. The van der Waals surface area contributed by atoms with Crippen LogP contribution in [0.4, 0.5) is 0 Å². The molecule has 208 valence electrons. The van der Waals surface area contributed by atoms with Crippen LogP contribution in [0.3, 0.4) is 0 Å². The van der Waals surface area contributed by atoms with E-state index in [0.29, 0.717) is 24.8 Å². The fourth-order valence-corrected chi connectivity index (χ4v) is 5.74. The van der Waals surface area contributed by atoms with Crippen LogP contribution in [0.25, 0.3) is 0 Å². The number of hydrogen-bond donors (Lipinski definition) is 3. The third-order valence-corrected chi connectivity index (χ3v) is 7.92. The fourth-order valence-electron chi connectivity index (χ4n) is 5.74. The lowest BCUT2D eigenvalue weighted by molar-refractivity contribution is -0.144. The number of aromatic hydroxyl groups is 1. The monoisotopic (exact) mass is 535 g/mol. The summed E-state index contributed by atoms with van der Waals surface area (Å²) >= 11 is 0. The first-order valence-electron chi connectivity index (χ1n) is 13.6. The maximum atomic E-state index is 13.5. The summed E-state index contributed by atoms with van der Waals surface area (Å²) in [6, 6.07) is 1.44. The molecule has 1 amide bonds. The van der Waals surface area contributed by atoms with Crippen LogP contribution in [0.1, 0.15) is 91.6 Å². The smallest absolute Gasteiger partial charge is 0.333 e. The number of aryl methyl sites for hydroxylation is 1. The average Bonchev–Trinajstić information content (AvgIpc) is 3.10. The van der Waals surface area contributed by atoms with Crippen molar-refractivity contribution in [3.05, 3.63) is 63.9 Å². The van der Waals surface area contributed by atoms with Crippen LogP contribution in [0.5, 0.6) is 5.75 Å². The summed E-state index contributed by atoms with van der Waals surface area (Å²) in [6.45, 7) is 9.20. The van der Waals surface area contributed by atoms with Gasteiger partial charge in [0.15, 0.2) is 11.6 Å². The Bertz CT molecular complexity index is 1320. The number of aliphatic hydroxyl groups is 1. The average molecular weight is 536 g/mol. The Balaban J connectivity index is 1.91. The van der Waals surface area contributed by atoms with E-state index in [-0.39, 0.29) is 58.1 Å². The Morgan fingerprint density at radius 3 is 2.54 bits per heavy atom. The molecule has 2 heterocycles. The Labute approximate surface area is 228 Å². The number of carbonyl (C=O) groups excluding carboxylic acids is 4. The van der Waals surface area contributed by atoms with Gasteiger partial charge in [-0.25, -0.2) is 4.79 Å². The lowest BCUT2D eigenvalue weighted by atomic mass is 9.72. The number of ketones is 2. The molecular weight excluding hydrogens is 498 g/mol.